The summed E-state index contributed by atoms with van der Waals surface area (Å²) >= 11 is 1.87. The van der Waals surface area contributed by atoms with Crippen LogP contribution in [0.5, 0.6) is 0 Å². The van der Waals surface area contributed by atoms with Crippen LogP contribution in [0, 0.1) is 0 Å². The molecule has 1 rings (SSSR count). The van der Waals surface area contributed by atoms with Gasteiger partial charge in [-0.15, -0.1) is 0 Å². The van der Waals surface area contributed by atoms with E-state index in [0.717, 1.165) is 25.2 Å². The van der Waals surface area contributed by atoms with Crippen molar-refractivity contribution in [2.45, 2.75) is 25.1 Å². The van der Waals surface area contributed by atoms with Crippen LogP contribution in [-0.4, -0.2) is 36.1 Å². The maximum Gasteiger partial charge on any atom is 0.354 e. The molecule has 1 unspecified atom stereocenters. The van der Waals surface area contributed by atoms with Crippen molar-refractivity contribution in [1.29, 1.82) is 0 Å². The molecule has 4 nitrogen and oxygen atoms in total. The summed E-state index contributed by atoms with van der Waals surface area (Å²) in [6.07, 6.45) is 3.27. The highest BCUT2D eigenvalue weighted by Gasteiger charge is 2.07. The predicted molar refractivity (Wildman–Crippen MR) is 71.4 cm³/mol. The highest BCUT2D eigenvalue weighted by atomic mass is 32.2. The summed E-state index contributed by atoms with van der Waals surface area (Å²) in [6.45, 7) is 3.95. The number of rotatable bonds is 7. The summed E-state index contributed by atoms with van der Waals surface area (Å²) in [5, 5.41) is 4.02. The quantitative estimate of drug-likeness (QED) is 0.579. The van der Waals surface area contributed by atoms with Gasteiger partial charge in [-0.25, -0.2) is 4.79 Å². The fourth-order valence-corrected chi connectivity index (χ4v) is 1.77. The zero-order valence-corrected chi connectivity index (χ0v) is 11.4. The van der Waals surface area contributed by atoms with Gasteiger partial charge in [-0.2, -0.15) is 11.8 Å². The summed E-state index contributed by atoms with van der Waals surface area (Å²) in [6, 6.07) is 3.64. The van der Waals surface area contributed by atoms with Gasteiger partial charge in [0.25, 0.3) is 0 Å². The summed E-state index contributed by atoms with van der Waals surface area (Å²) in [7, 11) is 1.38. The fraction of sp³-hybridized carbons (Fsp3) is 0.583. The summed E-state index contributed by atoms with van der Waals surface area (Å²) in [5.41, 5.74) is 1.50. The largest absolute Gasteiger partial charge is 0.464 e. The van der Waals surface area contributed by atoms with Gasteiger partial charge in [0.2, 0.25) is 0 Å². The second-order valence-electron chi connectivity index (χ2n) is 3.90. The third-order valence-electron chi connectivity index (χ3n) is 2.60. The van der Waals surface area contributed by atoms with Gasteiger partial charge in [0.15, 0.2) is 0 Å². The van der Waals surface area contributed by atoms with Gasteiger partial charge in [0, 0.05) is 17.5 Å². The monoisotopic (exact) mass is 256 g/mol. The number of hydrogen-bond donors (Lipinski definition) is 2. The molecule has 0 radical (unpaired) electrons. The Morgan fingerprint density at radius 1 is 1.59 bits per heavy atom. The van der Waals surface area contributed by atoms with Crippen LogP contribution in [0.25, 0.3) is 0 Å². The molecule has 96 valence electrons. The molecule has 0 aliphatic carbocycles. The van der Waals surface area contributed by atoms with Crippen molar-refractivity contribution in [3.05, 3.63) is 23.5 Å². The highest BCUT2D eigenvalue weighted by Crippen LogP contribution is 2.08. The van der Waals surface area contributed by atoms with Crippen molar-refractivity contribution in [3.8, 4) is 0 Å². The molecular formula is C12H20N2O2S. The smallest absolute Gasteiger partial charge is 0.354 e. The predicted octanol–water partition coefficient (Wildman–Crippen LogP) is 2.03. The van der Waals surface area contributed by atoms with Crippen molar-refractivity contribution < 1.29 is 9.53 Å². The van der Waals surface area contributed by atoms with Crippen LogP contribution in [0.3, 0.4) is 0 Å². The minimum absolute atomic E-state index is 0.327. The van der Waals surface area contributed by atoms with E-state index >= 15 is 0 Å². The Kier molecular flexibility index (Phi) is 6.15. The van der Waals surface area contributed by atoms with Gasteiger partial charge in [-0.1, -0.05) is 6.92 Å². The lowest BCUT2D eigenvalue weighted by atomic mass is 10.3. The lowest BCUT2D eigenvalue weighted by molar-refractivity contribution is 0.0594. The van der Waals surface area contributed by atoms with E-state index in [1.165, 1.54) is 7.11 Å². The van der Waals surface area contributed by atoms with E-state index in [0.29, 0.717) is 10.9 Å². The first-order chi connectivity index (χ1) is 8.17. The number of aromatic nitrogens is 1. The van der Waals surface area contributed by atoms with E-state index in [9.17, 15) is 4.79 Å². The normalized spacial score (nSPS) is 12.4. The van der Waals surface area contributed by atoms with E-state index in [4.69, 9.17) is 0 Å². The summed E-state index contributed by atoms with van der Waals surface area (Å²) < 4.78 is 4.63. The zero-order chi connectivity index (χ0) is 12.7. The lowest BCUT2D eigenvalue weighted by Crippen LogP contribution is -2.18. The minimum Gasteiger partial charge on any atom is -0.464 e. The Labute approximate surface area is 107 Å². The molecule has 1 atom stereocenters. The molecule has 1 aromatic rings. The molecule has 2 N–H and O–H groups in total. The highest BCUT2D eigenvalue weighted by molar-refractivity contribution is 7.99. The summed E-state index contributed by atoms with van der Waals surface area (Å²) in [4.78, 5) is 14.2. The van der Waals surface area contributed by atoms with Gasteiger partial charge in [0.1, 0.15) is 5.69 Å². The number of thioether (sulfide) groups is 1. The lowest BCUT2D eigenvalue weighted by Gasteiger charge is -2.08. The van der Waals surface area contributed by atoms with E-state index in [2.05, 4.69) is 28.2 Å². The van der Waals surface area contributed by atoms with Crippen LogP contribution in [0.1, 0.15) is 29.5 Å². The van der Waals surface area contributed by atoms with Gasteiger partial charge in [-0.3, -0.25) is 0 Å². The molecule has 0 aliphatic heterocycles. The molecule has 5 heteroatoms. The van der Waals surface area contributed by atoms with Crippen LogP contribution in [0.4, 0.5) is 0 Å². The van der Waals surface area contributed by atoms with E-state index in [1.54, 1.807) is 6.07 Å². The summed E-state index contributed by atoms with van der Waals surface area (Å²) in [5.74, 6) is -0.327. The molecule has 0 aromatic carbocycles. The van der Waals surface area contributed by atoms with Crippen molar-refractivity contribution in [2.75, 3.05) is 19.9 Å². The Morgan fingerprint density at radius 3 is 3.00 bits per heavy atom. The third-order valence-corrected chi connectivity index (χ3v) is 3.64. The fourth-order valence-electron chi connectivity index (χ4n) is 1.42. The third kappa shape index (κ3) is 4.83. The van der Waals surface area contributed by atoms with Crippen molar-refractivity contribution >= 4 is 17.7 Å². The van der Waals surface area contributed by atoms with Crippen molar-refractivity contribution in [2.24, 2.45) is 0 Å². The van der Waals surface area contributed by atoms with Crippen LogP contribution in [-0.2, 0) is 11.3 Å². The topological polar surface area (TPSA) is 54.1 Å². The maximum atomic E-state index is 11.2. The molecule has 0 bridgehead atoms. The van der Waals surface area contributed by atoms with Crippen LogP contribution >= 0.6 is 11.8 Å². The number of methoxy groups -OCH3 is 1. The Hall–Kier alpha value is -0.940. The average molecular weight is 256 g/mol. The van der Waals surface area contributed by atoms with E-state index < -0.39 is 0 Å². The number of carbonyl (C=O) groups is 1. The van der Waals surface area contributed by atoms with Gasteiger partial charge in [0.05, 0.1) is 7.11 Å². The Morgan fingerprint density at radius 2 is 2.35 bits per heavy atom. The molecule has 0 aliphatic rings. The van der Waals surface area contributed by atoms with Crippen molar-refractivity contribution in [1.82, 2.24) is 10.3 Å². The number of carbonyl (C=O) groups excluding carboxylic acids is 1. The molecular weight excluding hydrogens is 236 g/mol. The molecule has 0 spiro atoms. The number of H-pyrrole nitrogens is 1. The van der Waals surface area contributed by atoms with Gasteiger partial charge in [-0.05, 0) is 31.4 Å². The Bertz CT molecular complexity index is 352. The van der Waals surface area contributed by atoms with Crippen LogP contribution in [0.15, 0.2) is 12.1 Å². The van der Waals surface area contributed by atoms with Crippen LogP contribution < -0.4 is 5.32 Å². The van der Waals surface area contributed by atoms with Crippen LogP contribution in [0.2, 0.25) is 0 Å². The second-order valence-corrected chi connectivity index (χ2v) is 5.18. The SMILES string of the molecule is COC(=O)c1ccc(CNCCC(C)SC)[nH]1. The molecule has 0 fully saturated rings. The molecule has 0 amide bonds. The van der Waals surface area contributed by atoms with Gasteiger partial charge < -0.3 is 15.0 Å². The maximum absolute atomic E-state index is 11.2. The van der Waals surface area contributed by atoms with Crippen molar-refractivity contribution in [3.63, 3.8) is 0 Å². The first-order valence-electron chi connectivity index (χ1n) is 5.67. The average Bonchev–Trinajstić information content (AvgIpc) is 2.82. The standard InChI is InChI=1S/C12H20N2O2S/c1-9(17-3)6-7-13-8-10-4-5-11(14-10)12(15)16-2/h4-5,9,13-14H,6-8H2,1-3H3. The molecule has 1 heterocycles. The first kappa shape index (κ1) is 14.1. The number of nitrogens with one attached hydrogen (secondary N) is 2. The Balaban J connectivity index is 2.28. The second kappa shape index (κ2) is 7.40. The molecule has 0 saturated carbocycles. The molecule has 0 saturated heterocycles. The number of ether oxygens (including phenoxy) is 1. The minimum atomic E-state index is -0.327. The van der Waals surface area contributed by atoms with E-state index in [-0.39, 0.29) is 5.97 Å². The number of hydrogen-bond acceptors (Lipinski definition) is 4. The molecule has 1 aromatic heterocycles. The number of aromatic amines is 1. The molecule has 17 heavy (non-hydrogen) atoms. The van der Waals surface area contributed by atoms with E-state index in [1.807, 2.05) is 17.8 Å². The zero-order valence-electron chi connectivity index (χ0n) is 10.6. The van der Waals surface area contributed by atoms with Gasteiger partial charge >= 0.3 is 5.97 Å². The first-order valence-corrected chi connectivity index (χ1v) is 6.96. The number of esters is 1.